The Hall–Kier alpha value is -2.55. The molecule has 2 aromatic heterocycles. The number of hydrogen-bond acceptors (Lipinski definition) is 7. The predicted octanol–water partition coefficient (Wildman–Crippen LogP) is 4.99. The number of thiophene rings is 1. The van der Waals surface area contributed by atoms with Gasteiger partial charge in [0.15, 0.2) is 0 Å². The number of aliphatic hydroxyl groups excluding tert-OH is 1. The molecule has 0 aliphatic carbocycles. The van der Waals surface area contributed by atoms with E-state index in [1.54, 1.807) is 23.5 Å². The Balaban J connectivity index is 1.47. The Morgan fingerprint density at radius 1 is 1.06 bits per heavy atom. The summed E-state index contributed by atoms with van der Waals surface area (Å²) in [6.45, 7) is 4.22. The molecular weight excluding hydrogens is 456 g/mol. The lowest BCUT2D eigenvalue weighted by Gasteiger charge is -2.26. The van der Waals surface area contributed by atoms with Crippen LogP contribution in [0.5, 0.6) is 0 Å². The number of aromatic nitrogens is 2. The summed E-state index contributed by atoms with van der Waals surface area (Å²) in [4.78, 5) is 13.0. The molecule has 0 bridgehead atoms. The van der Waals surface area contributed by atoms with Crippen molar-refractivity contribution in [2.45, 2.75) is 12.6 Å². The molecule has 5 rings (SSSR count). The van der Waals surface area contributed by atoms with E-state index in [2.05, 4.69) is 27.7 Å². The summed E-state index contributed by atoms with van der Waals surface area (Å²) < 4.78 is 5.47. The maximum absolute atomic E-state index is 10.7. The van der Waals surface area contributed by atoms with Gasteiger partial charge in [0.2, 0.25) is 0 Å². The number of rotatable bonds is 7. The maximum atomic E-state index is 10.7. The van der Waals surface area contributed by atoms with Crippen molar-refractivity contribution in [3.8, 4) is 11.1 Å². The summed E-state index contributed by atoms with van der Waals surface area (Å²) in [7, 11) is 0. The molecule has 0 amide bonds. The molecule has 2 N–H and O–H groups in total. The summed E-state index contributed by atoms with van der Waals surface area (Å²) in [5, 5.41) is 17.9. The molecular formula is C25H25ClN4O2S. The van der Waals surface area contributed by atoms with Crippen LogP contribution in [0, 0.1) is 0 Å². The average molecular weight is 481 g/mol. The molecule has 170 valence electrons. The molecule has 1 aliphatic heterocycles. The number of benzene rings is 2. The fraction of sp³-hybridized carbons (Fsp3) is 0.280. The highest BCUT2D eigenvalue weighted by molar-refractivity contribution is 7.17. The quantitative estimate of drug-likeness (QED) is 0.388. The van der Waals surface area contributed by atoms with E-state index in [1.165, 1.54) is 0 Å². The zero-order valence-electron chi connectivity index (χ0n) is 18.1. The molecule has 0 radical (unpaired) electrons. The molecule has 1 saturated heterocycles. The second-order valence-electron chi connectivity index (χ2n) is 8.02. The minimum atomic E-state index is -0.686. The van der Waals surface area contributed by atoms with Crippen LogP contribution in [0.4, 0.5) is 5.82 Å². The molecule has 8 heteroatoms. The minimum Gasteiger partial charge on any atom is -0.387 e. The van der Waals surface area contributed by atoms with Crippen LogP contribution >= 0.6 is 22.9 Å². The van der Waals surface area contributed by atoms with Crippen LogP contribution in [0.3, 0.4) is 0 Å². The van der Waals surface area contributed by atoms with Crippen LogP contribution in [0.2, 0.25) is 5.02 Å². The predicted molar refractivity (Wildman–Crippen MR) is 134 cm³/mol. The Bertz CT molecular complexity index is 1210. The van der Waals surface area contributed by atoms with E-state index in [0.717, 1.165) is 64.9 Å². The van der Waals surface area contributed by atoms with Gasteiger partial charge in [-0.1, -0.05) is 54.1 Å². The highest BCUT2D eigenvalue weighted by Gasteiger charge is 2.19. The van der Waals surface area contributed by atoms with Gasteiger partial charge in [0.25, 0.3) is 0 Å². The first-order valence-corrected chi connectivity index (χ1v) is 12.2. The van der Waals surface area contributed by atoms with Gasteiger partial charge in [-0.2, -0.15) is 0 Å². The topological polar surface area (TPSA) is 70.5 Å². The molecule has 6 nitrogen and oxygen atoms in total. The number of nitrogens with one attached hydrogen (secondary N) is 1. The number of nitrogens with zero attached hydrogens (tertiary/aromatic N) is 3. The molecule has 3 heterocycles. The van der Waals surface area contributed by atoms with Crippen molar-refractivity contribution in [2.75, 3.05) is 38.2 Å². The number of morpholine rings is 1. The van der Waals surface area contributed by atoms with Crippen LogP contribution in [0.1, 0.15) is 17.5 Å². The largest absolute Gasteiger partial charge is 0.387 e. The molecule has 33 heavy (non-hydrogen) atoms. The highest BCUT2D eigenvalue weighted by atomic mass is 35.5. The summed E-state index contributed by atoms with van der Waals surface area (Å²) in [6, 6.07) is 17.5. The average Bonchev–Trinajstić information content (AvgIpc) is 3.28. The Morgan fingerprint density at radius 3 is 2.58 bits per heavy atom. The first-order chi connectivity index (χ1) is 16.2. The second-order valence-corrected chi connectivity index (χ2v) is 9.32. The van der Waals surface area contributed by atoms with Crippen molar-refractivity contribution < 1.29 is 9.84 Å². The van der Waals surface area contributed by atoms with Crippen molar-refractivity contribution in [3.63, 3.8) is 0 Å². The van der Waals surface area contributed by atoms with Gasteiger partial charge in [0.05, 0.1) is 31.2 Å². The third-order valence-electron chi connectivity index (χ3n) is 5.75. The Kier molecular flexibility index (Phi) is 6.85. The van der Waals surface area contributed by atoms with Crippen LogP contribution in [-0.4, -0.2) is 52.8 Å². The first-order valence-electron chi connectivity index (χ1n) is 11.0. The lowest BCUT2D eigenvalue weighted by Crippen LogP contribution is -2.36. The normalized spacial score (nSPS) is 15.6. The van der Waals surface area contributed by atoms with Gasteiger partial charge >= 0.3 is 0 Å². The number of halogens is 1. The number of hydrogen-bond donors (Lipinski definition) is 2. The standard InChI is InChI=1S/C25H25ClN4O2S/c26-19-8-6-18(7-9-19)21(31)14-27-24-23-20(17-4-2-1-3-5-17)16-33-25(23)29-22(28-24)15-30-10-12-32-13-11-30/h1-9,16,21,31H,10-15H2,(H,27,28,29). The first kappa shape index (κ1) is 22.3. The van der Waals surface area contributed by atoms with E-state index in [-0.39, 0.29) is 0 Å². The zero-order chi connectivity index (χ0) is 22.6. The smallest absolute Gasteiger partial charge is 0.146 e. The maximum Gasteiger partial charge on any atom is 0.146 e. The van der Waals surface area contributed by atoms with Gasteiger partial charge in [-0.25, -0.2) is 9.97 Å². The minimum absolute atomic E-state index is 0.328. The molecule has 1 aliphatic rings. The van der Waals surface area contributed by atoms with Gasteiger partial charge in [-0.15, -0.1) is 11.3 Å². The van der Waals surface area contributed by atoms with Crippen molar-refractivity contribution >= 4 is 39.0 Å². The molecule has 2 aromatic carbocycles. The Morgan fingerprint density at radius 2 is 1.82 bits per heavy atom. The monoisotopic (exact) mass is 480 g/mol. The van der Waals surface area contributed by atoms with Crippen molar-refractivity contribution in [2.24, 2.45) is 0 Å². The number of aliphatic hydroxyl groups is 1. The summed E-state index contributed by atoms with van der Waals surface area (Å²) in [5.41, 5.74) is 3.02. The summed E-state index contributed by atoms with van der Waals surface area (Å²) in [5.74, 6) is 1.52. The lowest BCUT2D eigenvalue weighted by atomic mass is 10.1. The molecule has 1 unspecified atom stereocenters. The van der Waals surface area contributed by atoms with Crippen molar-refractivity contribution in [1.82, 2.24) is 14.9 Å². The third kappa shape index (κ3) is 5.18. The van der Waals surface area contributed by atoms with Gasteiger partial charge in [-0.05, 0) is 23.3 Å². The van der Waals surface area contributed by atoms with Gasteiger partial charge in [-0.3, -0.25) is 4.90 Å². The van der Waals surface area contributed by atoms with Crippen molar-refractivity contribution in [3.05, 3.63) is 76.4 Å². The molecule has 1 fully saturated rings. The summed E-state index contributed by atoms with van der Waals surface area (Å²) in [6.07, 6.45) is -0.686. The molecule has 4 aromatic rings. The Labute approximate surface area is 201 Å². The third-order valence-corrected chi connectivity index (χ3v) is 6.88. The van der Waals surface area contributed by atoms with Crippen LogP contribution in [0.25, 0.3) is 21.3 Å². The van der Waals surface area contributed by atoms with E-state index < -0.39 is 6.10 Å². The van der Waals surface area contributed by atoms with E-state index in [1.807, 2.05) is 30.3 Å². The molecule has 0 saturated carbocycles. The molecule has 1 atom stereocenters. The van der Waals surface area contributed by atoms with Gasteiger partial charge in [0, 0.05) is 35.6 Å². The van der Waals surface area contributed by atoms with Crippen LogP contribution < -0.4 is 5.32 Å². The van der Waals surface area contributed by atoms with Crippen LogP contribution in [0.15, 0.2) is 60.0 Å². The lowest BCUT2D eigenvalue weighted by molar-refractivity contribution is 0.0331. The highest BCUT2D eigenvalue weighted by Crippen LogP contribution is 2.37. The fourth-order valence-corrected chi connectivity index (χ4v) is 5.06. The van der Waals surface area contributed by atoms with E-state index >= 15 is 0 Å². The fourth-order valence-electron chi connectivity index (χ4n) is 3.97. The van der Waals surface area contributed by atoms with Gasteiger partial charge < -0.3 is 15.2 Å². The summed E-state index contributed by atoms with van der Waals surface area (Å²) >= 11 is 7.61. The SMILES string of the molecule is OC(CNc1nc(CN2CCOCC2)nc2scc(-c3ccccc3)c12)c1ccc(Cl)cc1. The zero-order valence-corrected chi connectivity index (χ0v) is 19.6. The van der Waals surface area contributed by atoms with Gasteiger partial charge in [0.1, 0.15) is 16.5 Å². The van der Waals surface area contributed by atoms with E-state index in [0.29, 0.717) is 18.1 Å². The van der Waals surface area contributed by atoms with E-state index in [9.17, 15) is 5.11 Å². The number of anilines is 1. The van der Waals surface area contributed by atoms with Crippen LogP contribution in [-0.2, 0) is 11.3 Å². The molecule has 0 spiro atoms. The van der Waals surface area contributed by atoms with E-state index in [4.69, 9.17) is 26.3 Å². The number of ether oxygens (including phenoxy) is 1. The van der Waals surface area contributed by atoms with Crippen molar-refractivity contribution in [1.29, 1.82) is 0 Å². The number of fused-ring (bicyclic) bond motifs is 1. The second kappa shape index (κ2) is 10.2.